The summed E-state index contributed by atoms with van der Waals surface area (Å²) in [5.41, 5.74) is 8.01. The van der Waals surface area contributed by atoms with Crippen LogP contribution >= 0.6 is 0 Å². The van der Waals surface area contributed by atoms with Gasteiger partial charge in [0.1, 0.15) is 11.8 Å². The van der Waals surface area contributed by atoms with Crippen LogP contribution in [-0.4, -0.2) is 53.7 Å². The van der Waals surface area contributed by atoms with Crippen molar-refractivity contribution < 1.29 is 24.2 Å². The van der Waals surface area contributed by atoms with Crippen molar-refractivity contribution in [2.24, 2.45) is 5.73 Å². The van der Waals surface area contributed by atoms with E-state index in [0.717, 1.165) is 22.3 Å². The molecule has 0 bridgehead atoms. The first-order valence-corrected chi connectivity index (χ1v) is 13.3. The quantitative estimate of drug-likeness (QED) is 0.247. The van der Waals surface area contributed by atoms with Crippen LogP contribution in [0.3, 0.4) is 0 Å². The van der Waals surface area contributed by atoms with Crippen LogP contribution in [0.15, 0.2) is 78.9 Å². The summed E-state index contributed by atoms with van der Waals surface area (Å²) in [4.78, 5) is 39.6. The van der Waals surface area contributed by atoms with Crippen LogP contribution in [0.5, 0.6) is 5.75 Å². The first-order valence-electron chi connectivity index (χ1n) is 13.3. The van der Waals surface area contributed by atoms with Crippen LogP contribution in [0.4, 0.5) is 0 Å². The predicted molar refractivity (Wildman–Crippen MR) is 151 cm³/mol. The Labute approximate surface area is 234 Å². The molecular formula is C31H36N4O5. The van der Waals surface area contributed by atoms with Gasteiger partial charge in [0.05, 0.1) is 18.7 Å². The number of methoxy groups -OCH3 is 1. The largest absolute Gasteiger partial charge is 0.497 e. The number of aliphatic hydroxyl groups is 1. The van der Waals surface area contributed by atoms with Gasteiger partial charge in [-0.1, -0.05) is 66.7 Å². The normalized spacial score (nSPS) is 15.7. The molecule has 0 aliphatic heterocycles. The third-order valence-electron chi connectivity index (χ3n) is 7.23. The van der Waals surface area contributed by atoms with Crippen LogP contribution < -0.4 is 26.4 Å². The first-order chi connectivity index (χ1) is 19.2. The number of hydrogen-bond donors (Lipinski definition) is 5. The van der Waals surface area contributed by atoms with Gasteiger partial charge in [0.15, 0.2) is 6.10 Å². The summed E-state index contributed by atoms with van der Waals surface area (Å²) in [5.74, 6) is -0.939. The number of rotatable bonds is 11. The minimum atomic E-state index is -1.54. The van der Waals surface area contributed by atoms with Crippen molar-refractivity contribution in [3.63, 3.8) is 0 Å². The average molecular weight is 545 g/mol. The number of benzene rings is 3. The molecule has 0 spiro atoms. The molecule has 1 aliphatic carbocycles. The van der Waals surface area contributed by atoms with E-state index in [1.807, 2.05) is 66.7 Å². The first kappa shape index (κ1) is 28.8. The Hall–Kier alpha value is -4.21. The third kappa shape index (κ3) is 6.86. The molecule has 40 heavy (non-hydrogen) atoms. The molecule has 0 fully saturated rings. The van der Waals surface area contributed by atoms with Gasteiger partial charge in [-0.3, -0.25) is 14.4 Å². The highest BCUT2D eigenvalue weighted by molar-refractivity contribution is 5.91. The SMILES string of the molecule is COc1ccc(C[C@H](NC(=O)[C@H](C)N)C(=O)NC2(C(O)C(=O)NCc3ccccc3)Cc3ccccc3C2)cc1. The molecule has 3 atom stereocenters. The molecule has 0 heterocycles. The van der Waals surface area contributed by atoms with Gasteiger partial charge in [-0.25, -0.2) is 0 Å². The summed E-state index contributed by atoms with van der Waals surface area (Å²) in [6.07, 6.45) is -0.858. The topological polar surface area (TPSA) is 143 Å². The monoisotopic (exact) mass is 544 g/mol. The van der Waals surface area contributed by atoms with E-state index in [1.165, 1.54) is 6.92 Å². The second-order valence-electron chi connectivity index (χ2n) is 10.3. The highest BCUT2D eigenvalue weighted by Gasteiger charge is 2.48. The zero-order valence-electron chi connectivity index (χ0n) is 22.7. The lowest BCUT2D eigenvalue weighted by Gasteiger charge is -2.36. The van der Waals surface area contributed by atoms with Crippen LogP contribution in [0.25, 0.3) is 0 Å². The van der Waals surface area contributed by atoms with E-state index in [0.29, 0.717) is 5.75 Å². The van der Waals surface area contributed by atoms with E-state index in [9.17, 15) is 19.5 Å². The maximum Gasteiger partial charge on any atom is 0.251 e. The van der Waals surface area contributed by atoms with E-state index in [1.54, 1.807) is 19.2 Å². The Morgan fingerprint density at radius 2 is 1.48 bits per heavy atom. The minimum Gasteiger partial charge on any atom is -0.497 e. The number of fused-ring (bicyclic) bond motifs is 1. The van der Waals surface area contributed by atoms with E-state index >= 15 is 0 Å². The fraction of sp³-hybridized carbons (Fsp3) is 0.323. The van der Waals surface area contributed by atoms with Gasteiger partial charge < -0.3 is 31.5 Å². The number of hydrogen-bond acceptors (Lipinski definition) is 6. The molecule has 6 N–H and O–H groups in total. The van der Waals surface area contributed by atoms with Crippen molar-refractivity contribution in [3.8, 4) is 5.75 Å². The van der Waals surface area contributed by atoms with Crippen molar-refractivity contribution in [2.75, 3.05) is 7.11 Å². The summed E-state index contributed by atoms with van der Waals surface area (Å²) in [6, 6.07) is 22.3. The minimum absolute atomic E-state index is 0.174. The second-order valence-corrected chi connectivity index (χ2v) is 10.3. The van der Waals surface area contributed by atoms with E-state index in [-0.39, 0.29) is 25.8 Å². The lowest BCUT2D eigenvalue weighted by Crippen LogP contribution is -2.65. The molecule has 9 heteroatoms. The van der Waals surface area contributed by atoms with Gasteiger partial charge in [0.25, 0.3) is 5.91 Å². The maximum atomic E-state index is 13.8. The molecule has 0 saturated carbocycles. The van der Waals surface area contributed by atoms with E-state index in [4.69, 9.17) is 10.5 Å². The molecule has 3 amide bonds. The molecule has 9 nitrogen and oxygen atoms in total. The number of ether oxygens (including phenoxy) is 1. The third-order valence-corrected chi connectivity index (χ3v) is 7.23. The summed E-state index contributed by atoms with van der Waals surface area (Å²) in [5, 5.41) is 19.9. The Morgan fingerprint density at radius 1 is 0.875 bits per heavy atom. The van der Waals surface area contributed by atoms with Crippen molar-refractivity contribution >= 4 is 17.7 Å². The number of carbonyl (C=O) groups excluding carboxylic acids is 3. The molecular weight excluding hydrogens is 508 g/mol. The Bertz CT molecular complexity index is 1300. The highest BCUT2D eigenvalue weighted by Crippen LogP contribution is 2.33. The lowest BCUT2D eigenvalue weighted by atomic mass is 9.87. The molecule has 1 aliphatic rings. The smallest absolute Gasteiger partial charge is 0.251 e. The summed E-state index contributed by atoms with van der Waals surface area (Å²) >= 11 is 0. The predicted octanol–water partition coefficient (Wildman–Crippen LogP) is 1.40. The zero-order chi connectivity index (χ0) is 28.7. The van der Waals surface area contributed by atoms with Crippen LogP contribution in [0.1, 0.15) is 29.2 Å². The number of aliphatic hydroxyl groups excluding tert-OH is 1. The van der Waals surface area contributed by atoms with E-state index in [2.05, 4.69) is 16.0 Å². The average Bonchev–Trinajstić information content (AvgIpc) is 3.35. The molecule has 1 unspecified atom stereocenters. The fourth-order valence-corrected chi connectivity index (χ4v) is 4.97. The van der Waals surface area contributed by atoms with Crippen molar-refractivity contribution in [3.05, 3.63) is 101 Å². The fourth-order valence-electron chi connectivity index (χ4n) is 4.97. The highest BCUT2D eigenvalue weighted by atomic mass is 16.5. The van der Waals surface area contributed by atoms with Crippen molar-refractivity contribution in [1.29, 1.82) is 0 Å². The summed E-state index contributed by atoms with van der Waals surface area (Å²) in [6.45, 7) is 1.77. The molecule has 0 aromatic heterocycles. The molecule has 4 rings (SSSR count). The maximum absolute atomic E-state index is 13.8. The van der Waals surface area contributed by atoms with Gasteiger partial charge in [-0.05, 0) is 54.2 Å². The Balaban J connectivity index is 1.58. The molecule has 210 valence electrons. The lowest BCUT2D eigenvalue weighted by molar-refractivity contribution is -0.138. The number of amides is 3. The molecule has 3 aromatic carbocycles. The van der Waals surface area contributed by atoms with Crippen molar-refractivity contribution in [2.45, 2.75) is 56.5 Å². The number of carbonyl (C=O) groups is 3. The summed E-state index contributed by atoms with van der Waals surface area (Å²) in [7, 11) is 1.56. The van der Waals surface area contributed by atoms with Gasteiger partial charge in [0, 0.05) is 13.0 Å². The zero-order valence-corrected chi connectivity index (χ0v) is 22.7. The Morgan fingerprint density at radius 3 is 2.05 bits per heavy atom. The van der Waals surface area contributed by atoms with E-state index < -0.39 is 41.4 Å². The summed E-state index contributed by atoms with van der Waals surface area (Å²) < 4.78 is 5.22. The van der Waals surface area contributed by atoms with Gasteiger partial charge >= 0.3 is 0 Å². The second kappa shape index (κ2) is 12.8. The standard InChI is InChI=1S/C31H36N4O5/c1-20(32)28(37)34-26(16-21-12-14-25(40-2)15-13-21)29(38)35-31(17-23-10-6-7-11-24(23)18-31)27(36)30(39)33-19-22-8-4-3-5-9-22/h3-15,20,26-27,36H,16-19,32H2,1-2H3,(H,33,39)(H,34,37)(H,35,38)/t20-,26-,27?/m0/s1. The molecule has 0 radical (unpaired) electrons. The van der Waals surface area contributed by atoms with Crippen LogP contribution in [0.2, 0.25) is 0 Å². The van der Waals surface area contributed by atoms with Crippen LogP contribution in [0, 0.1) is 0 Å². The van der Waals surface area contributed by atoms with Gasteiger partial charge in [-0.2, -0.15) is 0 Å². The Kier molecular flexibility index (Phi) is 9.19. The van der Waals surface area contributed by atoms with Gasteiger partial charge in [0.2, 0.25) is 11.8 Å². The van der Waals surface area contributed by atoms with Gasteiger partial charge in [-0.15, -0.1) is 0 Å². The number of nitrogens with two attached hydrogens (primary N) is 1. The van der Waals surface area contributed by atoms with Crippen LogP contribution in [-0.2, 0) is 40.2 Å². The number of nitrogens with one attached hydrogen (secondary N) is 3. The molecule has 0 saturated heterocycles. The molecule has 3 aromatic rings. The van der Waals surface area contributed by atoms with Crippen molar-refractivity contribution in [1.82, 2.24) is 16.0 Å².